The maximum Gasteiger partial charge on any atom is 0.274 e. The molecule has 33 heavy (non-hydrogen) atoms. The maximum absolute atomic E-state index is 13.2. The van der Waals surface area contributed by atoms with Crippen LogP contribution in [0.1, 0.15) is 40.2 Å². The number of amides is 2. The molecule has 6 nitrogen and oxygen atoms in total. The zero-order valence-electron chi connectivity index (χ0n) is 19.5. The molecule has 1 fully saturated rings. The first-order valence-electron chi connectivity index (χ1n) is 11.4. The normalized spacial score (nSPS) is 15.2. The number of piperidine rings is 1. The summed E-state index contributed by atoms with van der Waals surface area (Å²) in [6, 6.07) is 16.6. The van der Waals surface area contributed by atoms with Crippen molar-refractivity contribution in [2.75, 3.05) is 20.1 Å². The van der Waals surface area contributed by atoms with Gasteiger partial charge >= 0.3 is 0 Å². The van der Waals surface area contributed by atoms with Crippen LogP contribution < -0.4 is 5.32 Å². The van der Waals surface area contributed by atoms with Crippen molar-refractivity contribution >= 4 is 11.8 Å². The summed E-state index contributed by atoms with van der Waals surface area (Å²) in [5.74, 6) is -0.0994. The Hall–Kier alpha value is -3.54. The van der Waals surface area contributed by atoms with Crippen LogP contribution in [-0.2, 0) is 11.2 Å². The van der Waals surface area contributed by atoms with E-state index >= 15 is 0 Å². The molecule has 0 bridgehead atoms. The minimum atomic E-state index is -0.566. The lowest BCUT2D eigenvalue weighted by Gasteiger charge is -2.40. The molecule has 1 aliphatic heterocycles. The lowest BCUT2D eigenvalue weighted by Crippen LogP contribution is -2.50. The molecular formula is C27H30N4O2. The van der Waals surface area contributed by atoms with Crippen LogP contribution in [0.15, 0.2) is 60.9 Å². The molecule has 0 saturated carbocycles. The Morgan fingerprint density at radius 1 is 0.939 bits per heavy atom. The van der Waals surface area contributed by atoms with Crippen molar-refractivity contribution in [3.8, 4) is 11.1 Å². The lowest BCUT2D eigenvalue weighted by atomic mass is 9.72. The van der Waals surface area contributed by atoms with Crippen LogP contribution in [0.5, 0.6) is 0 Å². The van der Waals surface area contributed by atoms with E-state index in [1.807, 2.05) is 31.2 Å². The molecule has 4 rings (SSSR count). The Balaban J connectivity index is 1.58. The number of benzene rings is 2. The highest BCUT2D eigenvalue weighted by atomic mass is 16.2. The standard InChI is InChI=1S/C27H30N4O2/c1-19-8-4-6-10-22(19)23-11-7-5-9-21(23)16-27(26(33)28-3)12-14-31(15-13-27)25(32)24-18-29-20(2)17-30-24/h4-11,17-18H,12-16H2,1-3H3,(H,28,33). The quantitative estimate of drug-likeness (QED) is 0.649. The van der Waals surface area contributed by atoms with Crippen molar-refractivity contribution in [2.45, 2.75) is 33.1 Å². The van der Waals surface area contributed by atoms with E-state index in [-0.39, 0.29) is 11.8 Å². The van der Waals surface area contributed by atoms with Gasteiger partial charge in [-0.2, -0.15) is 0 Å². The molecule has 0 aliphatic carbocycles. The number of carbonyl (C=O) groups excluding carboxylic acids is 2. The summed E-state index contributed by atoms with van der Waals surface area (Å²) in [4.78, 5) is 36.3. The van der Waals surface area contributed by atoms with Gasteiger partial charge in [-0.1, -0.05) is 48.5 Å². The Morgan fingerprint density at radius 2 is 1.61 bits per heavy atom. The molecule has 2 amide bonds. The second kappa shape index (κ2) is 9.53. The molecule has 0 atom stereocenters. The van der Waals surface area contributed by atoms with Gasteiger partial charge in [0.1, 0.15) is 5.69 Å². The molecule has 6 heteroatoms. The second-order valence-electron chi connectivity index (χ2n) is 8.84. The molecule has 1 N–H and O–H groups in total. The molecule has 1 aliphatic rings. The van der Waals surface area contributed by atoms with Crippen molar-refractivity contribution in [3.63, 3.8) is 0 Å². The van der Waals surface area contributed by atoms with Gasteiger partial charge in [-0.05, 0) is 55.4 Å². The number of rotatable bonds is 5. The van der Waals surface area contributed by atoms with Gasteiger partial charge in [0.05, 0.1) is 17.3 Å². The molecule has 2 aromatic carbocycles. The molecular weight excluding hydrogens is 412 g/mol. The summed E-state index contributed by atoms with van der Waals surface area (Å²) >= 11 is 0. The highest BCUT2D eigenvalue weighted by Gasteiger charge is 2.42. The molecule has 2 heterocycles. The van der Waals surface area contributed by atoms with Crippen LogP contribution in [0.4, 0.5) is 0 Å². The fourth-order valence-electron chi connectivity index (χ4n) is 4.73. The van der Waals surface area contributed by atoms with Gasteiger partial charge in [0, 0.05) is 26.3 Å². The minimum absolute atomic E-state index is 0.0318. The van der Waals surface area contributed by atoms with E-state index in [0.29, 0.717) is 38.0 Å². The van der Waals surface area contributed by atoms with Crippen LogP contribution in [-0.4, -0.2) is 46.8 Å². The second-order valence-corrected chi connectivity index (χ2v) is 8.84. The number of likely N-dealkylation sites (tertiary alicyclic amines) is 1. The molecule has 1 saturated heterocycles. The summed E-state index contributed by atoms with van der Waals surface area (Å²) < 4.78 is 0. The third-order valence-electron chi connectivity index (χ3n) is 6.70. The summed E-state index contributed by atoms with van der Waals surface area (Å²) in [7, 11) is 1.69. The number of hydrogen-bond acceptors (Lipinski definition) is 4. The third kappa shape index (κ3) is 4.65. The molecule has 0 radical (unpaired) electrons. The van der Waals surface area contributed by atoms with Gasteiger partial charge in [-0.25, -0.2) is 4.98 Å². The Labute approximate surface area is 195 Å². The Kier molecular flexibility index (Phi) is 6.54. The third-order valence-corrected chi connectivity index (χ3v) is 6.70. The Bertz CT molecular complexity index is 1150. The molecule has 3 aromatic rings. The zero-order chi connectivity index (χ0) is 23.4. The largest absolute Gasteiger partial charge is 0.359 e. The van der Waals surface area contributed by atoms with Crippen molar-refractivity contribution < 1.29 is 9.59 Å². The van der Waals surface area contributed by atoms with Crippen LogP contribution in [0.25, 0.3) is 11.1 Å². The number of nitrogens with zero attached hydrogens (tertiary/aromatic N) is 3. The van der Waals surface area contributed by atoms with Crippen molar-refractivity contribution in [1.29, 1.82) is 0 Å². The van der Waals surface area contributed by atoms with E-state index in [2.05, 4.69) is 46.5 Å². The highest BCUT2D eigenvalue weighted by molar-refractivity contribution is 5.92. The van der Waals surface area contributed by atoms with Gasteiger partial charge < -0.3 is 10.2 Å². The summed E-state index contributed by atoms with van der Waals surface area (Å²) in [5, 5.41) is 2.88. The van der Waals surface area contributed by atoms with E-state index in [0.717, 1.165) is 16.8 Å². The van der Waals surface area contributed by atoms with E-state index in [4.69, 9.17) is 0 Å². The van der Waals surface area contributed by atoms with Crippen LogP contribution in [0.3, 0.4) is 0 Å². The van der Waals surface area contributed by atoms with Gasteiger partial charge in [0.2, 0.25) is 5.91 Å². The fourth-order valence-corrected chi connectivity index (χ4v) is 4.73. The van der Waals surface area contributed by atoms with Crippen molar-refractivity contribution in [3.05, 3.63) is 83.4 Å². The number of aromatic nitrogens is 2. The number of nitrogens with one attached hydrogen (secondary N) is 1. The monoisotopic (exact) mass is 442 g/mol. The first-order chi connectivity index (χ1) is 15.9. The lowest BCUT2D eigenvalue weighted by molar-refractivity contribution is -0.133. The first-order valence-corrected chi connectivity index (χ1v) is 11.4. The number of carbonyl (C=O) groups is 2. The fraction of sp³-hybridized carbons (Fsp3) is 0.333. The summed E-state index contributed by atoms with van der Waals surface area (Å²) in [5.41, 5.74) is 5.26. The molecule has 1 aromatic heterocycles. The van der Waals surface area contributed by atoms with Crippen molar-refractivity contribution in [1.82, 2.24) is 20.2 Å². The zero-order valence-corrected chi connectivity index (χ0v) is 19.5. The van der Waals surface area contributed by atoms with E-state index in [1.165, 1.54) is 17.3 Å². The number of aryl methyl sites for hydroxylation is 2. The predicted molar refractivity (Wildman–Crippen MR) is 129 cm³/mol. The van der Waals surface area contributed by atoms with Crippen LogP contribution in [0.2, 0.25) is 0 Å². The Morgan fingerprint density at radius 3 is 2.24 bits per heavy atom. The topological polar surface area (TPSA) is 75.2 Å². The SMILES string of the molecule is CNC(=O)C1(Cc2ccccc2-c2ccccc2C)CCN(C(=O)c2cnc(C)cn2)CC1. The van der Waals surface area contributed by atoms with Crippen molar-refractivity contribution in [2.24, 2.45) is 5.41 Å². The van der Waals surface area contributed by atoms with E-state index in [9.17, 15) is 9.59 Å². The van der Waals surface area contributed by atoms with Gasteiger partial charge in [-0.3, -0.25) is 14.6 Å². The van der Waals surface area contributed by atoms with E-state index in [1.54, 1.807) is 18.1 Å². The highest BCUT2D eigenvalue weighted by Crippen LogP contribution is 2.39. The number of hydrogen-bond donors (Lipinski definition) is 1. The predicted octanol–water partition coefficient (Wildman–Crippen LogP) is 3.97. The van der Waals surface area contributed by atoms with E-state index < -0.39 is 5.41 Å². The summed E-state index contributed by atoms with van der Waals surface area (Å²) in [6.45, 7) is 4.97. The first kappa shape index (κ1) is 22.6. The molecule has 0 spiro atoms. The van der Waals surface area contributed by atoms with Crippen LogP contribution >= 0.6 is 0 Å². The van der Waals surface area contributed by atoms with Gasteiger partial charge in [-0.15, -0.1) is 0 Å². The average Bonchev–Trinajstić information content (AvgIpc) is 2.85. The maximum atomic E-state index is 13.2. The summed E-state index contributed by atoms with van der Waals surface area (Å²) in [6.07, 6.45) is 4.95. The van der Waals surface area contributed by atoms with Gasteiger partial charge in [0.15, 0.2) is 0 Å². The average molecular weight is 443 g/mol. The van der Waals surface area contributed by atoms with Gasteiger partial charge in [0.25, 0.3) is 5.91 Å². The molecule has 170 valence electrons. The minimum Gasteiger partial charge on any atom is -0.359 e. The molecule has 0 unspecified atom stereocenters. The smallest absolute Gasteiger partial charge is 0.274 e. The van der Waals surface area contributed by atoms with Crippen LogP contribution in [0, 0.1) is 19.3 Å².